The molecule has 7 heteroatoms. The first-order valence-corrected chi connectivity index (χ1v) is 10.0. The topological polar surface area (TPSA) is 76.7 Å². The maximum Gasteiger partial charge on any atom is 0.407 e. The number of amides is 1. The quantitative estimate of drug-likeness (QED) is 0.657. The fraction of sp³-hybridized carbons (Fsp3) is 0.600. The fourth-order valence-corrected chi connectivity index (χ4v) is 3.68. The summed E-state index contributed by atoms with van der Waals surface area (Å²) in [5.41, 5.74) is 1.86. The molecule has 1 aliphatic rings. The van der Waals surface area contributed by atoms with Crippen LogP contribution in [-0.4, -0.2) is 36.9 Å². The molecule has 0 spiro atoms. The van der Waals surface area contributed by atoms with Crippen LogP contribution in [0.4, 0.5) is 10.5 Å². The molecule has 0 unspecified atom stereocenters. The van der Waals surface area contributed by atoms with Gasteiger partial charge in [-0.15, -0.1) is 0 Å². The molecule has 150 valence electrons. The average Bonchev–Trinajstić information content (AvgIpc) is 2.57. The maximum atomic E-state index is 12.0. The monoisotopic (exact) mass is 440 g/mol. The molecule has 0 bridgehead atoms. The van der Waals surface area contributed by atoms with Gasteiger partial charge in [0.1, 0.15) is 5.60 Å². The number of esters is 1. The van der Waals surface area contributed by atoms with E-state index in [-0.39, 0.29) is 18.1 Å². The first-order chi connectivity index (χ1) is 12.6. The number of halogens is 1. The normalized spacial score (nSPS) is 19.9. The van der Waals surface area contributed by atoms with E-state index in [0.29, 0.717) is 11.6 Å². The number of nitrogens with one attached hydrogen (secondary N) is 2. The van der Waals surface area contributed by atoms with Gasteiger partial charge in [0.2, 0.25) is 0 Å². The molecule has 1 aromatic rings. The second-order valence-electron chi connectivity index (χ2n) is 7.96. The van der Waals surface area contributed by atoms with Crippen molar-refractivity contribution in [2.75, 3.05) is 12.4 Å². The fourth-order valence-electron chi connectivity index (χ4n) is 3.23. The van der Waals surface area contributed by atoms with Gasteiger partial charge < -0.3 is 20.1 Å². The Morgan fingerprint density at radius 3 is 2.26 bits per heavy atom. The molecule has 0 saturated heterocycles. The standard InChI is InChI=1S/C20H29BrN2O4/c1-12-16(18(24)26-5)10-13(21)11-17(12)22-14-6-8-15(9-7-14)23-19(25)27-20(2,3)4/h10-11,14-15,22H,6-9H2,1-5H3,(H,23,25)/t14-,15+. The Bertz CT molecular complexity index is 692. The third-order valence-electron chi connectivity index (χ3n) is 4.59. The Morgan fingerprint density at radius 2 is 1.70 bits per heavy atom. The molecule has 1 amide bonds. The molecule has 0 radical (unpaired) electrons. The first-order valence-electron chi connectivity index (χ1n) is 9.23. The van der Waals surface area contributed by atoms with E-state index < -0.39 is 5.60 Å². The summed E-state index contributed by atoms with van der Waals surface area (Å²) in [6.07, 6.45) is 3.27. The van der Waals surface area contributed by atoms with Crippen LogP contribution in [-0.2, 0) is 9.47 Å². The molecule has 2 N–H and O–H groups in total. The van der Waals surface area contributed by atoms with Gasteiger partial charge in [0.25, 0.3) is 0 Å². The molecule has 1 saturated carbocycles. The van der Waals surface area contributed by atoms with Crippen LogP contribution < -0.4 is 10.6 Å². The third kappa shape index (κ3) is 6.41. The summed E-state index contributed by atoms with van der Waals surface area (Å²) in [5.74, 6) is -0.345. The van der Waals surface area contributed by atoms with E-state index in [1.807, 2.05) is 33.8 Å². The summed E-state index contributed by atoms with van der Waals surface area (Å²) in [4.78, 5) is 23.9. The Morgan fingerprint density at radius 1 is 1.11 bits per heavy atom. The molecule has 1 fully saturated rings. The zero-order chi connectivity index (χ0) is 20.2. The van der Waals surface area contributed by atoms with E-state index in [4.69, 9.17) is 9.47 Å². The van der Waals surface area contributed by atoms with Crippen LogP contribution in [0.1, 0.15) is 62.4 Å². The number of anilines is 1. The zero-order valence-electron chi connectivity index (χ0n) is 16.6. The largest absolute Gasteiger partial charge is 0.465 e. The molecule has 1 aromatic carbocycles. The molecule has 2 rings (SSSR count). The molecule has 0 aliphatic heterocycles. The number of alkyl carbamates (subject to hydrolysis) is 1. The third-order valence-corrected chi connectivity index (χ3v) is 5.04. The van der Waals surface area contributed by atoms with E-state index >= 15 is 0 Å². The van der Waals surface area contributed by atoms with Crippen LogP contribution in [0.5, 0.6) is 0 Å². The van der Waals surface area contributed by atoms with Crippen molar-refractivity contribution in [3.63, 3.8) is 0 Å². The van der Waals surface area contributed by atoms with E-state index in [9.17, 15) is 9.59 Å². The van der Waals surface area contributed by atoms with Gasteiger partial charge in [-0.05, 0) is 71.1 Å². The van der Waals surface area contributed by atoms with Crippen LogP contribution in [0.15, 0.2) is 16.6 Å². The van der Waals surface area contributed by atoms with Gasteiger partial charge in [-0.25, -0.2) is 9.59 Å². The first kappa shape index (κ1) is 21.5. The lowest BCUT2D eigenvalue weighted by Crippen LogP contribution is -2.42. The van der Waals surface area contributed by atoms with Crippen molar-refractivity contribution in [3.8, 4) is 0 Å². The summed E-state index contributed by atoms with van der Waals surface area (Å²) in [6.45, 7) is 7.49. The lowest BCUT2D eigenvalue weighted by Gasteiger charge is -2.31. The maximum absolute atomic E-state index is 12.0. The summed E-state index contributed by atoms with van der Waals surface area (Å²) < 4.78 is 11.0. The lowest BCUT2D eigenvalue weighted by atomic mass is 9.90. The van der Waals surface area contributed by atoms with Crippen molar-refractivity contribution < 1.29 is 19.1 Å². The molecule has 0 aromatic heterocycles. The van der Waals surface area contributed by atoms with Gasteiger partial charge in [-0.2, -0.15) is 0 Å². The zero-order valence-corrected chi connectivity index (χ0v) is 18.2. The van der Waals surface area contributed by atoms with Crippen LogP contribution in [0.25, 0.3) is 0 Å². The highest BCUT2D eigenvalue weighted by atomic mass is 79.9. The smallest absolute Gasteiger partial charge is 0.407 e. The highest BCUT2D eigenvalue weighted by Crippen LogP contribution is 2.29. The minimum atomic E-state index is -0.488. The number of benzene rings is 1. The van der Waals surface area contributed by atoms with E-state index in [2.05, 4.69) is 26.6 Å². The van der Waals surface area contributed by atoms with Gasteiger partial charge in [0, 0.05) is 22.2 Å². The number of carbonyl (C=O) groups is 2. The molecule has 0 atom stereocenters. The second-order valence-corrected chi connectivity index (χ2v) is 8.87. The number of methoxy groups -OCH3 is 1. The number of carbonyl (C=O) groups excluding carboxylic acids is 2. The van der Waals surface area contributed by atoms with Gasteiger partial charge in [0.05, 0.1) is 12.7 Å². The number of rotatable bonds is 4. The van der Waals surface area contributed by atoms with Crippen molar-refractivity contribution in [1.82, 2.24) is 5.32 Å². The Balaban J connectivity index is 1.93. The summed E-state index contributed by atoms with van der Waals surface area (Å²) >= 11 is 3.46. The molecule has 0 heterocycles. The van der Waals surface area contributed by atoms with Crippen LogP contribution in [0.2, 0.25) is 0 Å². The number of hydrogen-bond donors (Lipinski definition) is 2. The molecule has 27 heavy (non-hydrogen) atoms. The highest BCUT2D eigenvalue weighted by Gasteiger charge is 2.25. The summed E-state index contributed by atoms with van der Waals surface area (Å²) in [5, 5.41) is 6.49. The van der Waals surface area contributed by atoms with E-state index in [1.165, 1.54) is 7.11 Å². The Kier molecular flexibility index (Phi) is 7.14. The second kappa shape index (κ2) is 8.95. The van der Waals surface area contributed by atoms with E-state index in [0.717, 1.165) is 41.4 Å². The van der Waals surface area contributed by atoms with Crippen LogP contribution in [0, 0.1) is 6.92 Å². The number of hydrogen-bond acceptors (Lipinski definition) is 5. The van der Waals surface area contributed by atoms with Gasteiger partial charge in [-0.3, -0.25) is 0 Å². The highest BCUT2D eigenvalue weighted by molar-refractivity contribution is 9.10. The van der Waals surface area contributed by atoms with Gasteiger partial charge in [-0.1, -0.05) is 15.9 Å². The summed E-state index contributed by atoms with van der Waals surface area (Å²) in [7, 11) is 1.38. The predicted octanol–water partition coefficient (Wildman–Crippen LogP) is 4.79. The Labute approximate surface area is 169 Å². The van der Waals surface area contributed by atoms with Gasteiger partial charge in [0.15, 0.2) is 0 Å². The predicted molar refractivity (Wildman–Crippen MR) is 109 cm³/mol. The van der Waals surface area contributed by atoms with Crippen molar-refractivity contribution in [1.29, 1.82) is 0 Å². The molecule has 1 aliphatic carbocycles. The van der Waals surface area contributed by atoms with Gasteiger partial charge >= 0.3 is 12.1 Å². The van der Waals surface area contributed by atoms with Crippen molar-refractivity contribution in [2.24, 2.45) is 0 Å². The summed E-state index contributed by atoms with van der Waals surface area (Å²) in [6, 6.07) is 4.17. The lowest BCUT2D eigenvalue weighted by molar-refractivity contribution is 0.0491. The van der Waals surface area contributed by atoms with Crippen LogP contribution in [0.3, 0.4) is 0 Å². The SMILES string of the molecule is COC(=O)c1cc(Br)cc(N[C@H]2CC[C@@H](NC(=O)OC(C)(C)C)CC2)c1C. The van der Waals surface area contributed by atoms with Crippen LogP contribution >= 0.6 is 15.9 Å². The average molecular weight is 441 g/mol. The Hall–Kier alpha value is -1.76. The number of ether oxygens (including phenoxy) is 2. The minimum Gasteiger partial charge on any atom is -0.465 e. The minimum absolute atomic E-state index is 0.132. The van der Waals surface area contributed by atoms with E-state index in [1.54, 1.807) is 6.07 Å². The molecular formula is C20H29BrN2O4. The van der Waals surface area contributed by atoms with Crippen molar-refractivity contribution in [2.45, 2.75) is 71.1 Å². The molecule has 6 nitrogen and oxygen atoms in total. The van der Waals surface area contributed by atoms with Crippen molar-refractivity contribution >= 4 is 33.7 Å². The molecular weight excluding hydrogens is 412 g/mol. The van der Waals surface area contributed by atoms with Crippen molar-refractivity contribution in [3.05, 3.63) is 27.7 Å².